The second-order valence-electron chi connectivity index (χ2n) is 8.64. The highest BCUT2D eigenvalue weighted by molar-refractivity contribution is 5.69. The molecule has 1 heterocycles. The third-order valence-corrected chi connectivity index (χ3v) is 5.93. The summed E-state index contributed by atoms with van der Waals surface area (Å²) in [5.74, 6) is -0.488. The van der Waals surface area contributed by atoms with Gasteiger partial charge in [0.25, 0.3) is 0 Å². The molecule has 1 unspecified atom stereocenters. The highest BCUT2D eigenvalue weighted by atomic mass is 19.4. The molecule has 3 rings (SSSR count). The number of carboxylic acid groups (broad SMARTS) is 1. The Morgan fingerprint density at radius 1 is 1.11 bits per heavy atom. The van der Waals surface area contributed by atoms with E-state index in [4.69, 9.17) is 15.1 Å². The Labute approximate surface area is 208 Å². The quantitative estimate of drug-likeness (QED) is 0.286. The van der Waals surface area contributed by atoms with Crippen LogP contribution in [0.5, 0.6) is 5.75 Å². The lowest BCUT2D eigenvalue weighted by atomic mass is 10.0. The van der Waals surface area contributed by atoms with Crippen LogP contribution < -0.4 is 4.74 Å². The molecule has 0 amide bonds. The molecule has 0 saturated carbocycles. The average Bonchev–Trinajstić information content (AvgIpc) is 3.28. The number of alkyl halides is 3. The number of imidazole rings is 1. The first-order chi connectivity index (χ1) is 17.2. The standard InChI is InChI=1S/C27H28F3N3O3/c1-19(26(34)35)8-4-2-3-7-15-36-23-10-6-5-9-22(23)18-33-24(27(28,29)30)17-32-25(33)21-13-11-20(16-31)12-14-21/h5-6,9-14,17,19H,2-4,7-8,15,18H2,1H3,(H,34,35). The Morgan fingerprint density at radius 2 is 1.81 bits per heavy atom. The Kier molecular flexibility index (Phi) is 9.12. The van der Waals surface area contributed by atoms with Crippen LogP contribution in [0.3, 0.4) is 0 Å². The van der Waals surface area contributed by atoms with Crippen molar-refractivity contribution in [2.24, 2.45) is 5.92 Å². The number of nitrogens with zero attached hydrogens (tertiary/aromatic N) is 3. The summed E-state index contributed by atoms with van der Waals surface area (Å²) in [6.07, 6.45) is 0.201. The highest BCUT2D eigenvalue weighted by Crippen LogP contribution is 2.34. The number of unbranched alkanes of at least 4 members (excludes halogenated alkanes) is 3. The van der Waals surface area contributed by atoms with Crippen molar-refractivity contribution in [3.8, 4) is 23.2 Å². The van der Waals surface area contributed by atoms with Crippen LogP contribution in [0.15, 0.2) is 54.7 Å². The summed E-state index contributed by atoms with van der Waals surface area (Å²) in [7, 11) is 0. The number of aliphatic carboxylic acids is 1. The average molecular weight is 500 g/mol. The third-order valence-electron chi connectivity index (χ3n) is 5.93. The molecule has 0 aliphatic rings. The molecule has 0 aliphatic carbocycles. The molecule has 3 aromatic rings. The third kappa shape index (κ3) is 7.11. The van der Waals surface area contributed by atoms with Crippen LogP contribution in [0.2, 0.25) is 0 Å². The number of ether oxygens (including phenoxy) is 1. The highest BCUT2D eigenvalue weighted by Gasteiger charge is 2.36. The molecule has 1 aromatic heterocycles. The first-order valence-corrected chi connectivity index (χ1v) is 11.8. The summed E-state index contributed by atoms with van der Waals surface area (Å²) < 4.78 is 48.4. The van der Waals surface area contributed by atoms with Gasteiger partial charge in [0.2, 0.25) is 0 Å². The molecule has 0 saturated heterocycles. The number of aromatic nitrogens is 2. The minimum absolute atomic E-state index is 0.0899. The zero-order valence-corrected chi connectivity index (χ0v) is 20.0. The maximum Gasteiger partial charge on any atom is 0.433 e. The fourth-order valence-corrected chi connectivity index (χ4v) is 3.84. The molecule has 0 radical (unpaired) electrons. The zero-order chi connectivity index (χ0) is 26.1. The van der Waals surface area contributed by atoms with Gasteiger partial charge in [0, 0.05) is 11.1 Å². The normalized spacial score (nSPS) is 12.2. The number of rotatable bonds is 12. The molecular weight excluding hydrogens is 471 g/mol. The number of hydrogen-bond donors (Lipinski definition) is 1. The van der Waals surface area contributed by atoms with Crippen molar-refractivity contribution in [2.75, 3.05) is 6.61 Å². The Balaban J connectivity index is 1.70. The van der Waals surface area contributed by atoms with E-state index >= 15 is 0 Å². The number of halogens is 3. The number of carbonyl (C=O) groups is 1. The van der Waals surface area contributed by atoms with Crippen molar-refractivity contribution < 1.29 is 27.8 Å². The van der Waals surface area contributed by atoms with E-state index in [0.29, 0.717) is 35.5 Å². The fraction of sp³-hybridized carbons (Fsp3) is 0.370. The summed E-state index contributed by atoms with van der Waals surface area (Å²) >= 11 is 0. The molecule has 6 nitrogen and oxygen atoms in total. The summed E-state index contributed by atoms with van der Waals surface area (Å²) in [6.45, 7) is 2.01. The van der Waals surface area contributed by atoms with Gasteiger partial charge in [0.1, 0.15) is 17.3 Å². The van der Waals surface area contributed by atoms with Crippen molar-refractivity contribution in [1.29, 1.82) is 5.26 Å². The van der Waals surface area contributed by atoms with Gasteiger partial charge in [-0.05, 0) is 43.2 Å². The molecule has 36 heavy (non-hydrogen) atoms. The molecule has 0 spiro atoms. The van der Waals surface area contributed by atoms with E-state index in [2.05, 4.69) is 4.98 Å². The van der Waals surface area contributed by atoms with E-state index in [1.54, 1.807) is 55.5 Å². The summed E-state index contributed by atoms with van der Waals surface area (Å²) in [4.78, 5) is 14.9. The van der Waals surface area contributed by atoms with Gasteiger partial charge in [-0.2, -0.15) is 18.4 Å². The van der Waals surface area contributed by atoms with E-state index in [0.717, 1.165) is 36.4 Å². The number of benzene rings is 2. The Bertz CT molecular complexity index is 1200. The van der Waals surface area contributed by atoms with Crippen LogP contribution >= 0.6 is 0 Å². The first-order valence-electron chi connectivity index (χ1n) is 11.8. The molecule has 2 aromatic carbocycles. The Hall–Kier alpha value is -3.80. The van der Waals surface area contributed by atoms with Gasteiger partial charge in [-0.3, -0.25) is 4.79 Å². The molecule has 0 aliphatic heterocycles. The molecule has 0 bridgehead atoms. The van der Waals surface area contributed by atoms with Crippen LogP contribution in [0.25, 0.3) is 11.4 Å². The summed E-state index contributed by atoms with van der Waals surface area (Å²) in [5.41, 5.74) is 0.599. The molecule has 190 valence electrons. The fourth-order valence-electron chi connectivity index (χ4n) is 3.84. The lowest BCUT2D eigenvalue weighted by Gasteiger charge is -2.17. The number of carboxylic acids is 1. The van der Waals surface area contributed by atoms with Gasteiger partial charge < -0.3 is 14.4 Å². The van der Waals surface area contributed by atoms with Crippen LogP contribution in [-0.2, 0) is 17.5 Å². The summed E-state index contributed by atoms with van der Waals surface area (Å²) in [5, 5.41) is 17.9. The lowest BCUT2D eigenvalue weighted by molar-refractivity contribution is -0.143. The van der Waals surface area contributed by atoms with Crippen LogP contribution in [0, 0.1) is 17.2 Å². The van der Waals surface area contributed by atoms with Gasteiger partial charge in [-0.25, -0.2) is 4.98 Å². The van der Waals surface area contributed by atoms with Crippen molar-refractivity contribution in [1.82, 2.24) is 9.55 Å². The maximum atomic E-state index is 13.8. The monoisotopic (exact) mass is 499 g/mol. The van der Waals surface area contributed by atoms with E-state index in [1.165, 1.54) is 0 Å². The maximum absolute atomic E-state index is 13.8. The predicted octanol–water partition coefficient (Wildman–Crippen LogP) is 6.54. The molecule has 1 N–H and O–H groups in total. The Morgan fingerprint density at radius 3 is 2.47 bits per heavy atom. The molecule has 9 heteroatoms. The number of para-hydroxylation sites is 1. The predicted molar refractivity (Wildman–Crippen MR) is 128 cm³/mol. The van der Waals surface area contributed by atoms with Gasteiger partial charge >= 0.3 is 12.1 Å². The van der Waals surface area contributed by atoms with Crippen molar-refractivity contribution >= 4 is 5.97 Å². The largest absolute Gasteiger partial charge is 0.493 e. The second kappa shape index (κ2) is 12.2. The van der Waals surface area contributed by atoms with Gasteiger partial charge in [0.05, 0.1) is 36.9 Å². The SMILES string of the molecule is CC(CCCCCCOc1ccccc1Cn1c(C(F)(F)F)cnc1-c1ccc(C#N)cc1)C(=O)O. The van der Waals surface area contributed by atoms with Gasteiger partial charge in [-0.1, -0.05) is 44.4 Å². The second-order valence-corrected chi connectivity index (χ2v) is 8.64. The smallest absolute Gasteiger partial charge is 0.433 e. The number of nitriles is 1. The summed E-state index contributed by atoms with van der Waals surface area (Å²) in [6, 6.07) is 15.2. The first kappa shape index (κ1) is 26.8. The molecule has 0 fully saturated rings. The van der Waals surface area contributed by atoms with E-state index < -0.39 is 17.8 Å². The lowest BCUT2D eigenvalue weighted by Crippen LogP contribution is -2.15. The molecular formula is C27H28F3N3O3. The van der Waals surface area contributed by atoms with Crippen LogP contribution in [0.4, 0.5) is 13.2 Å². The van der Waals surface area contributed by atoms with E-state index in [9.17, 15) is 18.0 Å². The van der Waals surface area contributed by atoms with Crippen molar-refractivity contribution in [3.63, 3.8) is 0 Å². The molecule has 1 atom stereocenters. The minimum atomic E-state index is -4.59. The van der Waals surface area contributed by atoms with Crippen molar-refractivity contribution in [3.05, 3.63) is 71.5 Å². The minimum Gasteiger partial charge on any atom is -0.493 e. The van der Waals surface area contributed by atoms with Crippen LogP contribution in [0.1, 0.15) is 55.8 Å². The van der Waals surface area contributed by atoms with Crippen LogP contribution in [-0.4, -0.2) is 27.2 Å². The van der Waals surface area contributed by atoms with E-state index in [-0.39, 0.29) is 18.3 Å². The zero-order valence-electron chi connectivity index (χ0n) is 20.0. The van der Waals surface area contributed by atoms with Crippen molar-refractivity contribution in [2.45, 2.75) is 51.7 Å². The van der Waals surface area contributed by atoms with Gasteiger partial charge in [0.15, 0.2) is 0 Å². The topological polar surface area (TPSA) is 88.1 Å². The number of hydrogen-bond acceptors (Lipinski definition) is 4. The van der Waals surface area contributed by atoms with E-state index in [1.807, 2.05) is 6.07 Å². The van der Waals surface area contributed by atoms with Gasteiger partial charge in [-0.15, -0.1) is 0 Å².